The molecule has 0 aromatic heterocycles. The Morgan fingerprint density at radius 3 is 0.764 bits per heavy atom. The van der Waals surface area contributed by atoms with Crippen LogP contribution >= 0.6 is 0 Å². The fourth-order valence-electron chi connectivity index (χ4n) is 30.0. The molecule has 0 N–H and O–H groups in total. The van der Waals surface area contributed by atoms with Crippen LogP contribution in [0.2, 0.25) is 0 Å². The minimum absolute atomic E-state index is 0.463. The lowest BCUT2D eigenvalue weighted by atomic mass is 9.74. The molecule has 15 unspecified atom stereocenters. The molecule has 0 heteroatoms. The van der Waals surface area contributed by atoms with Crippen LogP contribution in [0.3, 0.4) is 0 Å². The van der Waals surface area contributed by atoms with Gasteiger partial charge in [0.05, 0.1) is 0 Å². The predicted octanol–water partition coefficient (Wildman–Crippen LogP) is 45.8. The van der Waals surface area contributed by atoms with Crippen molar-refractivity contribution in [3.05, 3.63) is 136 Å². The zero-order valence-electron chi connectivity index (χ0n) is 106. The normalized spacial score (nSPS) is 39.6. The molecule has 19 rings (SSSR count). The van der Waals surface area contributed by atoms with Gasteiger partial charge in [-0.3, -0.25) is 0 Å². The van der Waals surface area contributed by atoms with Crippen LogP contribution < -0.4 is 0 Å². The Kier molecular flexibility index (Phi) is 56.4. The van der Waals surface area contributed by atoms with Gasteiger partial charge < -0.3 is 0 Å². The van der Waals surface area contributed by atoms with Gasteiger partial charge in [-0.1, -0.05) is 443 Å². The zero-order chi connectivity index (χ0) is 109. The summed E-state index contributed by atoms with van der Waals surface area (Å²) in [5, 5.41) is 0. The molecular formula is C144H256. The summed E-state index contributed by atoms with van der Waals surface area (Å²) in [5.74, 6) is 41.8. The maximum absolute atomic E-state index is 2.67. The van der Waals surface area contributed by atoms with E-state index in [4.69, 9.17) is 0 Å². The average Bonchev–Trinajstić information content (AvgIpc) is 1.64. The molecule has 144 heavy (non-hydrogen) atoms. The number of fused-ring (bicyclic) bond motifs is 10. The van der Waals surface area contributed by atoms with E-state index < -0.39 is 0 Å². The lowest BCUT2D eigenvalue weighted by Gasteiger charge is -2.30. The maximum Gasteiger partial charge on any atom is -0.00902 e. The van der Waals surface area contributed by atoms with E-state index in [0.29, 0.717) is 10.8 Å². The van der Waals surface area contributed by atoms with Gasteiger partial charge in [0, 0.05) is 0 Å². The third-order valence-corrected chi connectivity index (χ3v) is 42.2. The van der Waals surface area contributed by atoms with E-state index in [2.05, 4.69) is 443 Å². The highest BCUT2D eigenvalue weighted by Crippen LogP contribution is 2.56. The summed E-state index contributed by atoms with van der Waals surface area (Å²) in [7, 11) is 0. The molecule has 0 amide bonds. The fourth-order valence-corrected chi connectivity index (χ4v) is 30.0. The van der Waals surface area contributed by atoms with Crippen molar-refractivity contribution in [2.75, 3.05) is 0 Å². The van der Waals surface area contributed by atoms with Crippen molar-refractivity contribution >= 4 is 6.08 Å². The minimum atomic E-state index is 0.463. The summed E-state index contributed by atoms with van der Waals surface area (Å²) < 4.78 is 0. The average molecular weight is 1990 g/mol. The largest absolute Gasteiger partial charge is 0.0808 e. The highest BCUT2D eigenvalue weighted by Gasteiger charge is 2.46. The van der Waals surface area contributed by atoms with Gasteiger partial charge in [0.1, 0.15) is 0 Å². The van der Waals surface area contributed by atoms with Gasteiger partial charge in [-0.15, -0.1) is 0 Å². The molecule has 18 aliphatic carbocycles. The molecule has 13 saturated carbocycles. The second kappa shape index (κ2) is 61.8. The van der Waals surface area contributed by atoms with Crippen molar-refractivity contribution in [1.82, 2.24) is 0 Å². The summed E-state index contributed by atoms with van der Waals surface area (Å²) in [6.07, 6.45) is 60.9. The molecule has 0 heterocycles. The lowest BCUT2D eigenvalue weighted by Crippen LogP contribution is -2.20. The topological polar surface area (TPSA) is 0 Å². The Bertz CT molecular complexity index is 3510. The number of allylic oxidation sites excluding steroid dienone is 17. The standard InChI is InChI=1S/C18H24.C16H24.C14H22.2C13H18.5C10H20.5C4H10/c1-18(2,3)12-14-9-11-17-15-7-5-4-6-13(15)8-10-16(14)17;1-11(2)8-14-6-7-15-9-12-4-3-5-13(12)10-16(14)15;1-14(2,3)10-12-9-8-11-6-4-5-7-13(11)12;2*1-9-5-6-12-7-10-3-2-4-11(10)8-13(9)12;5*1-6-7(2)9(4)10(5)8(6)3;5*1-4(2)3/h4-8,10,14,16-17H,9,11-12H2,1-3H3;9-11,14-16H,3-8H2,1-2H3;4-7,11-13H,8-10H2,1-3H3;2*7-9,12-13H,2-6H2,1H3;5*6-10H,1-5H3;5*4H,1-3H3. The van der Waals surface area contributed by atoms with Gasteiger partial charge in [0.15, 0.2) is 0 Å². The van der Waals surface area contributed by atoms with Crippen LogP contribution in [0, 0.1) is 277 Å². The predicted molar refractivity (Wildman–Crippen MR) is 652 cm³/mol. The van der Waals surface area contributed by atoms with E-state index in [1.54, 1.807) is 39.0 Å². The third-order valence-electron chi connectivity index (χ3n) is 42.2. The first-order valence-corrected chi connectivity index (χ1v) is 63.3. The van der Waals surface area contributed by atoms with Crippen LogP contribution in [0.5, 0.6) is 0 Å². The molecule has 1 aromatic rings. The molecule has 0 saturated heterocycles. The van der Waals surface area contributed by atoms with E-state index in [-0.39, 0.29) is 0 Å². The molecule has 0 nitrogen and oxygen atoms in total. The summed E-state index contributed by atoms with van der Waals surface area (Å²) in [4.78, 5) is 0. The SMILES string of the molecule is CC(C)(C)CC1CCC2C=CC=CC21.CC(C)(C)CC1CCC2c3ccccc3C=CC12.CC(C)C.CC(C)C.CC(C)C.CC(C)C.CC(C)C.CC(C)CC1CCC2C=C3CCCC3=CC21.CC1C(C)C(C)C(C)C1C.CC1C(C)C(C)C(C)C1C.CC1C(C)C(C)C(C)C1C.CC1C(C)C(C)C(C)C1C.CC1C(C)C(C)C(C)C1C.CC1CCC2C=C3CCCC3=CC12.CC1CCC2C=C3CCCC3=CC12. The second-order valence-corrected chi connectivity index (χ2v) is 60.0. The van der Waals surface area contributed by atoms with Crippen LogP contribution in [0.15, 0.2) is 125 Å². The first-order chi connectivity index (χ1) is 67.0. The van der Waals surface area contributed by atoms with Crippen LogP contribution in [-0.4, -0.2) is 0 Å². The molecule has 0 radical (unpaired) electrons. The molecule has 15 atom stereocenters. The van der Waals surface area contributed by atoms with Crippen molar-refractivity contribution in [2.45, 2.75) is 493 Å². The van der Waals surface area contributed by atoms with E-state index in [9.17, 15) is 0 Å². The van der Waals surface area contributed by atoms with Crippen molar-refractivity contribution in [3.8, 4) is 0 Å². The Labute approximate surface area is 906 Å². The van der Waals surface area contributed by atoms with Crippen molar-refractivity contribution < 1.29 is 0 Å². The molecule has 0 spiro atoms. The molecule has 0 bridgehead atoms. The summed E-state index contributed by atoms with van der Waals surface area (Å²) in [6.45, 7) is 116. The first kappa shape index (κ1) is 131. The molecular weight excluding hydrogens is 1730 g/mol. The summed E-state index contributed by atoms with van der Waals surface area (Å²) in [5.41, 5.74) is 14.3. The quantitative estimate of drug-likeness (QED) is 0.282. The van der Waals surface area contributed by atoms with Gasteiger partial charge in [0.2, 0.25) is 0 Å². The Morgan fingerprint density at radius 1 is 0.236 bits per heavy atom. The molecule has 1 aromatic carbocycles. The highest BCUT2D eigenvalue weighted by atomic mass is 14.5. The van der Waals surface area contributed by atoms with Gasteiger partial charge in [-0.05, 0) is 469 Å². The van der Waals surface area contributed by atoms with Crippen molar-refractivity contribution in [3.63, 3.8) is 0 Å². The molecule has 832 valence electrons. The van der Waals surface area contributed by atoms with Gasteiger partial charge >= 0.3 is 0 Å². The van der Waals surface area contributed by atoms with Crippen LogP contribution in [-0.2, 0) is 0 Å². The lowest BCUT2D eigenvalue weighted by molar-refractivity contribution is 0.262. The van der Waals surface area contributed by atoms with E-state index in [1.807, 2.05) is 0 Å². The van der Waals surface area contributed by atoms with E-state index >= 15 is 0 Å². The number of hydrogen-bond acceptors (Lipinski definition) is 0. The van der Waals surface area contributed by atoms with Crippen LogP contribution in [0.1, 0.15) is 504 Å². The van der Waals surface area contributed by atoms with Crippen LogP contribution in [0.25, 0.3) is 6.08 Å². The van der Waals surface area contributed by atoms with Crippen molar-refractivity contribution in [1.29, 1.82) is 0 Å². The number of benzene rings is 1. The maximum atomic E-state index is 2.67. The van der Waals surface area contributed by atoms with Gasteiger partial charge in [-0.2, -0.15) is 0 Å². The van der Waals surface area contributed by atoms with Gasteiger partial charge in [0.25, 0.3) is 0 Å². The smallest absolute Gasteiger partial charge is 0.00902 e. The number of hydrogen-bond donors (Lipinski definition) is 0. The molecule has 18 aliphatic rings. The van der Waals surface area contributed by atoms with Gasteiger partial charge in [-0.25, -0.2) is 0 Å². The first-order valence-electron chi connectivity index (χ1n) is 63.3. The summed E-state index contributed by atoms with van der Waals surface area (Å²) >= 11 is 0. The minimum Gasteiger partial charge on any atom is -0.0808 e. The van der Waals surface area contributed by atoms with Crippen LogP contribution in [0.4, 0.5) is 0 Å². The second-order valence-electron chi connectivity index (χ2n) is 60.0. The summed E-state index contributed by atoms with van der Waals surface area (Å²) in [6, 6.07) is 8.96. The Balaban J connectivity index is 0.000000277. The monoisotopic (exact) mass is 1990 g/mol. The fraction of sp³-hybridized carbons (Fsp3) is 0.833. The van der Waals surface area contributed by atoms with Crippen molar-refractivity contribution in [2.24, 2.45) is 277 Å². The molecule has 13 fully saturated rings. The highest BCUT2D eigenvalue weighted by molar-refractivity contribution is 5.59. The third kappa shape index (κ3) is 40.0. The zero-order valence-corrected chi connectivity index (χ0v) is 106. The Hall–Kier alpha value is -3.12. The number of rotatable bonds is 4. The van der Waals surface area contributed by atoms with E-state index in [1.165, 1.54) is 147 Å². The Morgan fingerprint density at radius 2 is 0.472 bits per heavy atom. The van der Waals surface area contributed by atoms with E-state index in [0.717, 1.165) is 272 Å². The molecule has 0 aliphatic heterocycles.